The number of rotatable bonds is 44. The van der Waals surface area contributed by atoms with Gasteiger partial charge in [0.2, 0.25) is 0 Å². The predicted octanol–water partition coefficient (Wildman–Crippen LogP) is 9.36. The van der Waals surface area contributed by atoms with Crippen molar-refractivity contribution in [2.45, 2.75) is 231 Å². The fraction of sp³-hybridized carbons (Fsp3) is 0.769. The number of allylic oxidation sites excluding steroid dienone is 5. The van der Waals surface area contributed by atoms with E-state index in [9.17, 15) is 53.7 Å². The van der Waals surface area contributed by atoms with Gasteiger partial charge in [0.25, 0.3) is 0 Å². The van der Waals surface area contributed by atoms with Gasteiger partial charge in [-0.25, -0.2) is 13.9 Å². The standard InChI is InChI=1S/C52H91N3O17P2/c1-4-5-6-7-8-9-10-16-19-22-25-28-32-43(56)44(57)33-30-35-47(58)67-38-42(70-48(59)34-29-26-23-20-17-14-12-11-13-15-18-21-24-27-31-41(2)3)39-68-73(63,64)72-74(65,66)69-40-45-49(60)50(61)51(71-45)55-37-36-46(53)54-52(55)62/h8-9,16,19,25,28,36-37,41-45,49-51,56-57,60-61H,4-7,10-15,17-18,20-24,26-27,29-35,38-40H2,1-3H3,(H,63,64)(H,65,66)(H2,53,54,62)/b9-8-,19-16-,28-25-/t42-,43?,44?,45-,49-,50-,51-/m1/s1. The molecule has 8 N–H and O–H groups in total. The second kappa shape index (κ2) is 39.3. The number of hydrogen-bond donors (Lipinski definition) is 7. The summed E-state index contributed by atoms with van der Waals surface area (Å²) in [5.74, 6) is -0.809. The van der Waals surface area contributed by atoms with Gasteiger partial charge in [0.05, 0.1) is 25.4 Å². The van der Waals surface area contributed by atoms with E-state index in [2.05, 4.69) is 48.3 Å². The third-order valence-electron chi connectivity index (χ3n) is 12.4. The largest absolute Gasteiger partial charge is 0.481 e. The van der Waals surface area contributed by atoms with Crippen LogP contribution in [0.15, 0.2) is 53.5 Å². The van der Waals surface area contributed by atoms with Gasteiger partial charge in [0, 0.05) is 19.0 Å². The lowest BCUT2D eigenvalue weighted by Crippen LogP contribution is -2.36. The quantitative estimate of drug-likeness (QED) is 0.0138. The maximum atomic E-state index is 12.9. The zero-order valence-corrected chi connectivity index (χ0v) is 46.1. The smallest absolute Gasteiger partial charge is 0.462 e. The first-order valence-corrected chi connectivity index (χ1v) is 30.0. The molecule has 426 valence electrons. The minimum Gasteiger partial charge on any atom is -0.462 e. The number of aliphatic hydroxyl groups excluding tert-OH is 4. The van der Waals surface area contributed by atoms with Gasteiger partial charge < -0.3 is 50.2 Å². The van der Waals surface area contributed by atoms with Crippen molar-refractivity contribution in [2.75, 3.05) is 25.6 Å². The van der Waals surface area contributed by atoms with Crippen molar-refractivity contribution in [3.05, 3.63) is 59.2 Å². The molecule has 1 fully saturated rings. The number of ether oxygens (including phenoxy) is 3. The number of unbranched alkanes of at least 4 members (excludes halogenated alkanes) is 16. The fourth-order valence-electron chi connectivity index (χ4n) is 8.01. The number of esters is 2. The van der Waals surface area contributed by atoms with E-state index in [4.69, 9.17) is 29.0 Å². The third kappa shape index (κ3) is 31.8. The monoisotopic (exact) mass is 1090 g/mol. The molecule has 9 atom stereocenters. The molecule has 4 unspecified atom stereocenters. The zero-order valence-electron chi connectivity index (χ0n) is 44.3. The number of carbonyl (C=O) groups is 2. The van der Waals surface area contributed by atoms with E-state index in [0.717, 1.165) is 55.2 Å². The van der Waals surface area contributed by atoms with Crippen molar-refractivity contribution in [3.63, 3.8) is 0 Å². The Bertz CT molecular complexity index is 1930. The summed E-state index contributed by atoms with van der Waals surface area (Å²) in [5.41, 5.74) is 4.57. The summed E-state index contributed by atoms with van der Waals surface area (Å²) in [4.78, 5) is 62.1. The number of aromatic nitrogens is 2. The number of anilines is 1. The average molecular weight is 1090 g/mol. The Balaban J connectivity index is 1.84. The van der Waals surface area contributed by atoms with Gasteiger partial charge in [-0.15, -0.1) is 0 Å². The van der Waals surface area contributed by atoms with Gasteiger partial charge in [-0.05, 0) is 63.4 Å². The molecule has 0 bridgehead atoms. The van der Waals surface area contributed by atoms with E-state index in [1.54, 1.807) is 6.08 Å². The van der Waals surface area contributed by atoms with Crippen LogP contribution in [-0.2, 0) is 46.3 Å². The lowest BCUT2D eigenvalue weighted by atomic mass is 10.0. The molecule has 0 spiro atoms. The van der Waals surface area contributed by atoms with Gasteiger partial charge in [-0.3, -0.25) is 23.2 Å². The molecule has 2 rings (SSSR count). The molecule has 1 aromatic heterocycles. The summed E-state index contributed by atoms with van der Waals surface area (Å²) in [6.07, 6.45) is 26.7. The number of hydrogen-bond acceptors (Lipinski definition) is 17. The molecule has 0 amide bonds. The maximum absolute atomic E-state index is 12.9. The second-order valence-electron chi connectivity index (χ2n) is 19.5. The van der Waals surface area contributed by atoms with E-state index in [1.807, 2.05) is 12.2 Å². The van der Waals surface area contributed by atoms with Crippen LogP contribution < -0.4 is 11.4 Å². The topological polar surface area (TPSA) is 306 Å². The van der Waals surface area contributed by atoms with E-state index < -0.39 is 95.9 Å². The Labute approximate surface area is 439 Å². The maximum Gasteiger partial charge on any atom is 0.481 e. The van der Waals surface area contributed by atoms with Gasteiger partial charge in [-0.1, -0.05) is 160 Å². The highest BCUT2D eigenvalue weighted by atomic mass is 31.3. The highest BCUT2D eigenvalue weighted by molar-refractivity contribution is 7.61. The molecule has 0 aromatic carbocycles. The molecule has 1 aliphatic rings. The van der Waals surface area contributed by atoms with Crippen LogP contribution >= 0.6 is 15.6 Å². The Hall–Kier alpha value is -3.10. The Morgan fingerprint density at radius 3 is 1.91 bits per heavy atom. The van der Waals surface area contributed by atoms with Crippen molar-refractivity contribution in [1.29, 1.82) is 0 Å². The summed E-state index contributed by atoms with van der Waals surface area (Å²) >= 11 is 0. The fourth-order valence-corrected chi connectivity index (χ4v) is 10.1. The van der Waals surface area contributed by atoms with Crippen LogP contribution in [-0.4, -0.2) is 108 Å². The molecule has 1 aliphatic heterocycles. The summed E-state index contributed by atoms with van der Waals surface area (Å²) in [6.45, 7) is 4.17. The van der Waals surface area contributed by atoms with Gasteiger partial charge in [0.1, 0.15) is 30.7 Å². The van der Waals surface area contributed by atoms with E-state index in [-0.39, 0.29) is 37.9 Å². The average Bonchev–Trinajstić information content (AvgIpc) is 3.62. The molecule has 1 saturated heterocycles. The zero-order chi connectivity index (χ0) is 54.6. The Morgan fingerprint density at radius 1 is 0.730 bits per heavy atom. The first-order valence-electron chi connectivity index (χ1n) is 27.0. The van der Waals surface area contributed by atoms with Crippen molar-refractivity contribution < 1.29 is 76.5 Å². The van der Waals surface area contributed by atoms with Crippen molar-refractivity contribution >= 4 is 33.4 Å². The van der Waals surface area contributed by atoms with Crippen LogP contribution in [0, 0.1) is 5.92 Å². The molecule has 2 heterocycles. The van der Waals surface area contributed by atoms with Crippen LogP contribution in [0.5, 0.6) is 0 Å². The number of aliphatic hydroxyl groups is 4. The van der Waals surface area contributed by atoms with Crippen molar-refractivity contribution in [3.8, 4) is 0 Å². The van der Waals surface area contributed by atoms with Crippen LogP contribution in [0.4, 0.5) is 5.82 Å². The molecular formula is C52H91N3O17P2. The highest BCUT2D eigenvalue weighted by Gasteiger charge is 2.46. The minimum absolute atomic E-state index is 0.00798. The SMILES string of the molecule is CCCCC/C=C\C/C=C\C/C=C\CC(O)C(O)CCCC(=O)OC[C@H](COP(=O)(O)OP(=O)(O)OC[C@H]1O[C@@H](n2ccc(N)nc2=O)[C@H](O)[C@@H]1O)OC(=O)CCCCCCCCCCCCCCCCC(C)C. The van der Waals surface area contributed by atoms with Crippen molar-refractivity contribution in [2.24, 2.45) is 5.92 Å². The van der Waals surface area contributed by atoms with Crippen molar-refractivity contribution in [1.82, 2.24) is 9.55 Å². The molecule has 1 aromatic rings. The normalized spacial score (nSPS) is 20.1. The van der Waals surface area contributed by atoms with Gasteiger partial charge in [-0.2, -0.15) is 9.29 Å². The number of phosphoric ester groups is 2. The Morgan fingerprint density at radius 2 is 1.30 bits per heavy atom. The minimum atomic E-state index is -5.49. The first-order chi connectivity index (χ1) is 35.3. The summed E-state index contributed by atoms with van der Waals surface area (Å²) in [5, 5.41) is 41.8. The molecule has 22 heteroatoms. The molecule has 0 saturated carbocycles. The molecule has 20 nitrogen and oxygen atoms in total. The summed E-state index contributed by atoms with van der Waals surface area (Å²) in [7, 11) is -11.0. The third-order valence-corrected chi connectivity index (χ3v) is 15.0. The predicted molar refractivity (Wildman–Crippen MR) is 282 cm³/mol. The number of carbonyl (C=O) groups excluding carboxylic acids is 2. The molecule has 0 aliphatic carbocycles. The van der Waals surface area contributed by atoms with Gasteiger partial charge >= 0.3 is 33.3 Å². The number of nitrogens with zero attached hydrogens (tertiary/aromatic N) is 2. The molecular weight excluding hydrogens is 1000 g/mol. The van der Waals surface area contributed by atoms with Crippen LogP contribution in [0.1, 0.15) is 194 Å². The Kier molecular flexibility index (Phi) is 35.6. The number of nitrogens with two attached hydrogens (primary N) is 1. The van der Waals surface area contributed by atoms with Crippen LogP contribution in [0.2, 0.25) is 0 Å². The first kappa shape index (κ1) is 67.0. The van der Waals surface area contributed by atoms with Gasteiger partial charge in [0.15, 0.2) is 12.3 Å². The van der Waals surface area contributed by atoms with E-state index >= 15 is 0 Å². The summed E-state index contributed by atoms with van der Waals surface area (Å²) < 4.78 is 56.7. The lowest BCUT2D eigenvalue weighted by molar-refractivity contribution is -0.161. The number of nitrogen functional groups attached to an aromatic ring is 1. The second-order valence-corrected chi connectivity index (χ2v) is 22.6. The molecule has 74 heavy (non-hydrogen) atoms. The van der Waals surface area contributed by atoms with E-state index in [1.165, 1.54) is 89.5 Å². The van der Waals surface area contributed by atoms with E-state index in [0.29, 0.717) is 12.8 Å². The highest BCUT2D eigenvalue weighted by Crippen LogP contribution is 2.60. The summed E-state index contributed by atoms with van der Waals surface area (Å²) in [6, 6.07) is 1.23. The molecule has 0 radical (unpaired) electrons. The van der Waals surface area contributed by atoms with Crippen LogP contribution in [0.25, 0.3) is 0 Å². The number of phosphoric acid groups is 2. The lowest BCUT2D eigenvalue weighted by Gasteiger charge is -2.21. The van der Waals surface area contributed by atoms with Crippen LogP contribution in [0.3, 0.4) is 0 Å².